The molecule has 3 N–H and O–H groups in total. The number of esters is 1. The summed E-state index contributed by atoms with van der Waals surface area (Å²) in [6.45, 7) is 5.65. The van der Waals surface area contributed by atoms with Crippen LogP contribution in [0.3, 0.4) is 0 Å². The number of hydrogen-bond acceptors (Lipinski definition) is 6. The van der Waals surface area contributed by atoms with E-state index in [0.717, 1.165) is 19.3 Å². The fourth-order valence-electron chi connectivity index (χ4n) is 3.29. The molecule has 0 aromatic heterocycles. The standard InChI is InChI=1S/C21H32O7/c1-3-5-6-8-14(22)11-12-16-17(23)13-18(24)20(16)21(27)28-15(4-2)9-7-10-19(25)26/h4,11-12,14-17,20,22-23H,2-3,5-10,13H2,1H3,(H,25,26)/b12-11+/t14-,15?,16-,17+,20+/m0/s1. The Morgan fingerprint density at radius 2 is 2.00 bits per heavy atom. The number of rotatable bonds is 13. The fraction of sp³-hybridized carbons (Fsp3) is 0.667. The van der Waals surface area contributed by atoms with Crippen molar-refractivity contribution in [2.45, 2.75) is 76.6 Å². The van der Waals surface area contributed by atoms with Crippen LogP contribution >= 0.6 is 0 Å². The molecule has 0 spiro atoms. The Morgan fingerprint density at radius 1 is 1.29 bits per heavy atom. The molecule has 7 nitrogen and oxygen atoms in total. The van der Waals surface area contributed by atoms with E-state index in [1.54, 1.807) is 0 Å². The highest BCUT2D eigenvalue weighted by Gasteiger charge is 2.46. The highest BCUT2D eigenvalue weighted by molar-refractivity contribution is 6.01. The maximum absolute atomic E-state index is 12.5. The molecule has 0 aliphatic heterocycles. The molecule has 0 aromatic rings. The topological polar surface area (TPSA) is 121 Å². The minimum Gasteiger partial charge on any atom is -0.481 e. The molecule has 0 saturated heterocycles. The normalized spacial score (nSPS) is 24.2. The Balaban J connectivity index is 2.70. The van der Waals surface area contributed by atoms with E-state index >= 15 is 0 Å². The van der Waals surface area contributed by atoms with Crippen LogP contribution in [0.4, 0.5) is 0 Å². The van der Waals surface area contributed by atoms with Gasteiger partial charge in [0.1, 0.15) is 17.8 Å². The van der Waals surface area contributed by atoms with E-state index < -0.39 is 47.9 Å². The SMILES string of the molecule is C=CC(CCCC(=O)O)OC(=O)[C@H]1C(=O)C[C@@H](O)[C@@H]1/C=C/[C@@H](O)CCCCC. The molecule has 28 heavy (non-hydrogen) atoms. The Morgan fingerprint density at radius 3 is 2.61 bits per heavy atom. The molecule has 0 heterocycles. The monoisotopic (exact) mass is 396 g/mol. The number of ether oxygens (including phenoxy) is 1. The number of aliphatic hydroxyl groups excluding tert-OH is 2. The number of ketones is 1. The fourth-order valence-corrected chi connectivity index (χ4v) is 3.29. The predicted octanol–water partition coefficient (Wildman–Crippen LogP) is 2.40. The lowest BCUT2D eigenvalue weighted by molar-refractivity contribution is -0.155. The lowest BCUT2D eigenvalue weighted by atomic mass is 9.93. The second-order valence-corrected chi connectivity index (χ2v) is 7.24. The molecule has 0 aromatic carbocycles. The Bertz CT molecular complexity index is 569. The second kappa shape index (κ2) is 12.5. The molecule has 158 valence electrons. The van der Waals surface area contributed by atoms with Gasteiger partial charge < -0.3 is 20.1 Å². The van der Waals surface area contributed by atoms with Crippen LogP contribution in [0, 0.1) is 11.8 Å². The zero-order valence-corrected chi connectivity index (χ0v) is 16.5. The summed E-state index contributed by atoms with van der Waals surface area (Å²) in [5, 5.41) is 28.9. The van der Waals surface area contributed by atoms with Crippen LogP contribution in [0.1, 0.15) is 58.3 Å². The van der Waals surface area contributed by atoms with E-state index in [9.17, 15) is 24.6 Å². The number of carboxylic acids is 1. The maximum atomic E-state index is 12.5. The quantitative estimate of drug-likeness (QED) is 0.189. The number of aliphatic carboxylic acids is 1. The third-order valence-electron chi connectivity index (χ3n) is 4.91. The Kier molecular flexibility index (Phi) is 10.7. The zero-order valence-electron chi connectivity index (χ0n) is 16.5. The Hall–Kier alpha value is -1.99. The number of carbonyl (C=O) groups is 3. The van der Waals surface area contributed by atoms with Crippen molar-refractivity contribution in [3.05, 3.63) is 24.8 Å². The smallest absolute Gasteiger partial charge is 0.317 e. The van der Waals surface area contributed by atoms with E-state index in [0.29, 0.717) is 19.3 Å². The number of carbonyl (C=O) groups excluding carboxylic acids is 2. The largest absolute Gasteiger partial charge is 0.481 e. The van der Waals surface area contributed by atoms with Gasteiger partial charge in [-0.15, -0.1) is 0 Å². The van der Waals surface area contributed by atoms with Crippen molar-refractivity contribution < 1.29 is 34.4 Å². The number of Topliss-reactive ketones (excluding diaryl/α,β-unsaturated/α-hetero) is 1. The van der Waals surface area contributed by atoms with Gasteiger partial charge in [-0.05, 0) is 19.3 Å². The molecule has 7 heteroatoms. The van der Waals surface area contributed by atoms with Crippen LogP contribution in [0.5, 0.6) is 0 Å². The van der Waals surface area contributed by atoms with Gasteiger partial charge in [-0.25, -0.2) is 0 Å². The average molecular weight is 396 g/mol. The number of carboxylic acid groups (broad SMARTS) is 1. The third kappa shape index (κ3) is 7.94. The van der Waals surface area contributed by atoms with Crippen molar-refractivity contribution >= 4 is 17.7 Å². The number of unbranched alkanes of at least 4 members (excludes halogenated alkanes) is 2. The first kappa shape index (κ1) is 24.0. The first-order valence-electron chi connectivity index (χ1n) is 9.92. The molecule has 1 rings (SSSR count). The summed E-state index contributed by atoms with van der Waals surface area (Å²) in [7, 11) is 0. The van der Waals surface area contributed by atoms with Crippen LogP contribution in [-0.4, -0.2) is 51.4 Å². The van der Waals surface area contributed by atoms with Gasteiger partial charge in [0.05, 0.1) is 12.2 Å². The van der Waals surface area contributed by atoms with Crippen molar-refractivity contribution in [2.24, 2.45) is 11.8 Å². The minimum absolute atomic E-state index is 0.0513. The van der Waals surface area contributed by atoms with Crippen LogP contribution in [-0.2, 0) is 19.1 Å². The van der Waals surface area contributed by atoms with Crippen LogP contribution < -0.4 is 0 Å². The first-order chi connectivity index (χ1) is 13.3. The van der Waals surface area contributed by atoms with Gasteiger partial charge in [0.15, 0.2) is 0 Å². The predicted molar refractivity (Wildman–Crippen MR) is 103 cm³/mol. The highest BCUT2D eigenvalue weighted by Crippen LogP contribution is 2.32. The summed E-state index contributed by atoms with van der Waals surface area (Å²) in [5.41, 5.74) is 0. The summed E-state index contributed by atoms with van der Waals surface area (Å²) in [4.78, 5) is 35.3. The molecular formula is C21H32O7. The molecule has 1 fully saturated rings. The summed E-state index contributed by atoms with van der Waals surface area (Å²) in [5.74, 6) is -3.97. The second-order valence-electron chi connectivity index (χ2n) is 7.24. The molecule has 1 aliphatic carbocycles. The Labute approximate surface area is 166 Å². The molecule has 1 aliphatic rings. The van der Waals surface area contributed by atoms with Crippen LogP contribution in [0.15, 0.2) is 24.8 Å². The average Bonchev–Trinajstić information content (AvgIpc) is 2.92. The summed E-state index contributed by atoms with van der Waals surface area (Å²) < 4.78 is 5.32. The van der Waals surface area contributed by atoms with Gasteiger partial charge in [-0.2, -0.15) is 0 Å². The first-order valence-corrected chi connectivity index (χ1v) is 9.92. The van der Waals surface area contributed by atoms with Gasteiger partial charge in [-0.1, -0.05) is 51.0 Å². The minimum atomic E-state index is -1.13. The lowest BCUT2D eigenvalue weighted by Gasteiger charge is -2.20. The molecule has 0 amide bonds. The molecule has 0 bridgehead atoms. The number of hydrogen-bond donors (Lipinski definition) is 3. The molecule has 5 atom stereocenters. The van der Waals surface area contributed by atoms with Gasteiger partial charge in [0.2, 0.25) is 0 Å². The van der Waals surface area contributed by atoms with Crippen molar-refractivity contribution in [3.63, 3.8) is 0 Å². The van der Waals surface area contributed by atoms with E-state index in [4.69, 9.17) is 9.84 Å². The van der Waals surface area contributed by atoms with Crippen LogP contribution in [0.25, 0.3) is 0 Å². The van der Waals surface area contributed by atoms with Gasteiger partial charge in [0, 0.05) is 18.8 Å². The molecule has 1 saturated carbocycles. The van der Waals surface area contributed by atoms with E-state index in [1.807, 2.05) is 0 Å². The highest BCUT2D eigenvalue weighted by atomic mass is 16.5. The summed E-state index contributed by atoms with van der Waals surface area (Å²) in [6, 6.07) is 0. The van der Waals surface area contributed by atoms with Crippen molar-refractivity contribution in [3.8, 4) is 0 Å². The van der Waals surface area contributed by atoms with Crippen molar-refractivity contribution in [1.29, 1.82) is 0 Å². The number of aliphatic hydroxyl groups is 2. The van der Waals surface area contributed by atoms with Crippen molar-refractivity contribution in [2.75, 3.05) is 0 Å². The molecule has 0 radical (unpaired) electrons. The van der Waals surface area contributed by atoms with Crippen LogP contribution in [0.2, 0.25) is 0 Å². The van der Waals surface area contributed by atoms with Gasteiger partial charge in [0.25, 0.3) is 0 Å². The van der Waals surface area contributed by atoms with E-state index in [2.05, 4.69) is 13.5 Å². The summed E-state index contributed by atoms with van der Waals surface area (Å²) in [6.07, 6.45) is 5.99. The summed E-state index contributed by atoms with van der Waals surface area (Å²) >= 11 is 0. The van der Waals surface area contributed by atoms with Crippen molar-refractivity contribution in [1.82, 2.24) is 0 Å². The molecular weight excluding hydrogens is 364 g/mol. The molecule has 1 unspecified atom stereocenters. The van der Waals surface area contributed by atoms with Gasteiger partial charge >= 0.3 is 11.9 Å². The zero-order chi connectivity index (χ0) is 21.1. The lowest BCUT2D eigenvalue weighted by Crippen LogP contribution is -2.31. The van der Waals surface area contributed by atoms with Gasteiger partial charge in [-0.3, -0.25) is 14.4 Å². The maximum Gasteiger partial charge on any atom is 0.317 e. The van der Waals surface area contributed by atoms with E-state index in [-0.39, 0.29) is 12.8 Å². The van der Waals surface area contributed by atoms with E-state index in [1.165, 1.54) is 18.2 Å². The third-order valence-corrected chi connectivity index (χ3v) is 4.91.